The molecule has 1 aliphatic heterocycles. The normalized spacial score (nSPS) is 15.2. The van der Waals surface area contributed by atoms with Gasteiger partial charge in [-0.1, -0.05) is 60.7 Å². The summed E-state index contributed by atoms with van der Waals surface area (Å²) < 4.78 is 0. The van der Waals surface area contributed by atoms with Gasteiger partial charge in [0, 0.05) is 51.5 Å². The molecule has 6 heteroatoms. The van der Waals surface area contributed by atoms with Crippen LogP contribution in [0.4, 0.5) is 0 Å². The summed E-state index contributed by atoms with van der Waals surface area (Å²) in [5.74, 6) is -0.319. The van der Waals surface area contributed by atoms with Crippen molar-refractivity contribution in [2.75, 3.05) is 26.2 Å². The number of hydrogen-bond donors (Lipinski definition) is 1. The zero-order valence-corrected chi connectivity index (χ0v) is 18.1. The van der Waals surface area contributed by atoms with E-state index >= 15 is 0 Å². The number of piperazine rings is 1. The maximum absolute atomic E-state index is 13.4. The Balaban J connectivity index is 1.41. The lowest BCUT2D eigenvalue weighted by molar-refractivity contribution is -0.135. The van der Waals surface area contributed by atoms with Crippen LogP contribution in [0.2, 0.25) is 0 Å². The molecule has 6 nitrogen and oxygen atoms in total. The highest BCUT2D eigenvalue weighted by Gasteiger charge is 2.29. The molecule has 2 amide bonds. The predicted molar refractivity (Wildman–Crippen MR) is 124 cm³/mol. The second kappa shape index (κ2) is 10.7. The summed E-state index contributed by atoms with van der Waals surface area (Å²) in [5, 5.41) is 2.95. The minimum absolute atomic E-state index is 0.0366. The van der Waals surface area contributed by atoms with Crippen molar-refractivity contribution in [2.45, 2.75) is 19.0 Å². The maximum atomic E-state index is 13.4. The number of aromatic nitrogens is 1. The highest BCUT2D eigenvalue weighted by Crippen LogP contribution is 2.12. The molecule has 32 heavy (non-hydrogen) atoms. The van der Waals surface area contributed by atoms with E-state index in [-0.39, 0.29) is 11.8 Å². The van der Waals surface area contributed by atoms with Crippen LogP contribution in [0.5, 0.6) is 0 Å². The van der Waals surface area contributed by atoms with Gasteiger partial charge in [0.1, 0.15) is 6.04 Å². The third kappa shape index (κ3) is 5.80. The third-order valence-electron chi connectivity index (χ3n) is 5.74. The summed E-state index contributed by atoms with van der Waals surface area (Å²) >= 11 is 0. The Bertz CT molecular complexity index is 1000. The first-order valence-corrected chi connectivity index (χ1v) is 11.0. The quantitative estimate of drug-likeness (QED) is 0.629. The van der Waals surface area contributed by atoms with Gasteiger partial charge in [0.2, 0.25) is 5.91 Å². The zero-order chi connectivity index (χ0) is 22.2. The summed E-state index contributed by atoms with van der Waals surface area (Å²) in [5.41, 5.74) is 2.74. The van der Waals surface area contributed by atoms with E-state index in [2.05, 4.69) is 27.3 Å². The molecule has 1 fully saturated rings. The molecule has 3 aromatic rings. The lowest BCUT2D eigenvalue weighted by Crippen LogP contribution is -2.55. The largest absolute Gasteiger partial charge is 0.340 e. The van der Waals surface area contributed by atoms with E-state index in [4.69, 9.17) is 0 Å². The topological polar surface area (TPSA) is 65.5 Å². The minimum Gasteiger partial charge on any atom is -0.340 e. The molecule has 0 radical (unpaired) electrons. The summed E-state index contributed by atoms with van der Waals surface area (Å²) in [6.45, 7) is 3.82. The Hall–Kier alpha value is -3.51. The van der Waals surface area contributed by atoms with Crippen LogP contribution in [-0.4, -0.2) is 58.8 Å². The van der Waals surface area contributed by atoms with Gasteiger partial charge in [-0.25, -0.2) is 0 Å². The standard InChI is InChI=1S/C26H28N4O2/c31-25(23-12-7-13-27-19-23)28-24(18-21-8-3-1-4-9-21)26(32)30-16-14-29(15-17-30)20-22-10-5-2-6-11-22/h1-13,19,24H,14-18,20H2,(H,28,31)/t24-/m0/s1. The molecule has 1 saturated heterocycles. The molecular formula is C26H28N4O2. The van der Waals surface area contributed by atoms with Gasteiger partial charge in [-0.2, -0.15) is 0 Å². The molecule has 164 valence electrons. The van der Waals surface area contributed by atoms with Crippen LogP contribution >= 0.6 is 0 Å². The van der Waals surface area contributed by atoms with Crippen molar-refractivity contribution in [3.05, 3.63) is 102 Å². The average Bonchev–Trinajstić information content (AvgIpc) is 2.85. The number of nitrogens with zero attached hydrogens (tertiary/aromatic N) is 3. The van der Waals surface area contributed by atoms with Crippen LogP contribution in [0.25, 0.3) is 0 Å². The molecule has 0 spiro atoms. The van der Waals surface area contributed by atoms with Crippen LogP contribution < -0.4 is 5.32 Å². The van der Waals surface area contributed by atoms with E-state index in [0.29, 0.717) is 25.1 Å². The van der Waals surface area contributed by atoms with Gasteiger partial charge in [0.25, 0.3) is 5.91 Å². The van der Waals surface area contributed by atoms with Crippen molar-refractivity contribution in [3.8, 4) is 0 Å². The number of nitrogens with one attached hydrogen (secondary N) is 1. The van der Waals surface area contributed by atoms with Crippen LogP contribution in [0.3, 0.4) is 0 Å². The van der Waals surface area contributed by atoms with Gasteiger partial charge < -0.3 is 10.2 Å². The first-order valence-electron chi connectivity index (χ1n) is 11.0. The smallest absolute Gasteiger partial charge is 0.253 e. The lowest BCUT2D eigenvalue weighted by Gasteiger charge is -2.36. The zero-order valence-electron chi connectivity index (χ0n) is 18.1. The second-order valence-corrected chi connectivity index (χ2v) is 8.04. The molecule has 0 unspecified atom stereocenters. The second-order valence-electron chi connectivity index (χ2n) is 8.04. The van der Waals surface area contributed by atoms with E-state index in [9.17, 15) is 9.59 Å². The van der Waals surface area contributed by atoms with E-state index in [0.717, 1.165) is 25.2 Å². The fourth-order valence-electron chi connectivity index (χ4n) is 3.98. The molecule has 2 heterocycles. The monoisotopic (exact) mass is 428 g/mol. The van der Waals surface area contributed by atoms with Crippen molar-refractivity contribution < 1.29 is 9.59 Å². The Kier molecular flexibility index (Phi) is 7.25. The molecule has 1 aromatic heterocycles. The SMILES string of the molecule is O=C(N[C@@H](Cc1ccccc1)C(=O)N1CCN(Cc2ccccc2)CC1)c1cccnc1. The van der Waals surface area contributed by atoms with E-state index in [1.165, 1.54) is 11.8 Å². The van der Waals surface area contributed by atoms with Crippen LogP contribution in [0.15, 0.2) is 85.2 Å². The molecule has 1 N–H and O–H groups in total. The number of rotatable bonds is 7. The van der Waals surface area contributed by atoms with Crippen LogP contribution in [-0.2, 0) is 17.8 Å². The summed E-state index contributed by atoms with van der Waals surface area (Å²) in [6, 6.07) is 23.0. The van der Waals surface area contributed by atoms with Crippen molar-refractivity contribution in [1.29, 1.82) is 0 Å². The minimum atomic E-state index is -0.620. The molecule has 0 aliphatic carbocycles. The number of pyridine rings is 1. The van der Waals surface area contributed by atoms with Gasteiger partial charge in [0.05, 0.1) is 5.56 Å². The summed E-state index contributed by atoms with van der Waals surface area (Å²) in [6.07, 6.45) is 3.59. The van der Waals surface area contributed by atoms with Crippen molar-refractivity contribution in [1.82, 2.24) is 20.1 Å². The van der Waals surface area contributed by atoms with Crippen molar-refractivity contribution in [3.63, 3.8) is 0 Å². The molecule has 1 atom stereocenters. The van der Waals surface area contributed by atoms with Crippen LogP contribution in [0, 0.1) is 0 Å². The van der Waals surface area contributed by atoms with Crippen LogP contribution in [0.1, 0.15) is 21.5 Å². The molecule has 4 rings (SSSR count). The lowest BCUT2D eigenvalue weighted by atomic mass is 10.0. The number of amides is 2. The number of hydrogen-bond acceptors (Lipinski definition) is 4. The third-order valence-corrected chi connectivity index (χ3v) is 5.74. The van der Waals surface area contributed by atoms with Gasteiger partial charge >= 0.3 is 0 Å². The summed E-state index contributed by atoms with van der Waals surface area (Å²) in [4.78, 5) is 34.4. The first kappa shape index (κ1) is 21.7. The first-order chi connectivity index (χ1) is 15.7. The Morgan fingerprint density at radius 1 is 0.844 bits per heavy atom. The summed E-state index contributed by atoms with van der Waals surface area (Å²) in [7, 11) is 0. The number of carbonyl (C=O) groups excluding carboxylic acids is 2. The fourth-order valence-corrected chi connectivity index (χ4v) is 3.98. The van der Waals surface area contributed by atoms with Gasteiger partial charge in [-0.05, 0) is 23.3 Å². The number of benzene rings is 2. The molecule has 0 bridgehead atoms. The van der Waals surface area contributed by atoms with E-state index in [1.54, 1.807) is 18.3 Å². The predicted octanol–water partition coefficient (Wildman–Crippen LogP) is 2.77. The fraction of sp³-hybridized carbons (Fsp3) is 0.269. The highest BCUT2D eigenvalue weighted by atomic mass is 16.2. The van der Waals surface area contributed by atoms with Gasteiger partial charge in [0.15, 0.2) is 0 Å². The van der Waals surface area contributed by atoms with E-state index in [1.807, 2.05) is 53.4 Å². The Labute approximate surface area is 188 Å². The van der Waals surface area contributed by atoms with Gasteiger partial charge in [-0.3, -0.25) is 19.5 Å². The molecule has 1 aliphatic rings. The van der Waals surface area contributed by atoms with E-state index < -0.39 is 6.04 Å². The van der Waals surface area contributed by atoms with Crippen molar-refractivity contribution in [2.24, 2.45) is 0 Å². The molecular weight excluding hydrogens is 400 g/mol. The maximum Gasteiger partial charge on any atom is 0.253 e. The Morgan fingerprint density at radius 3 is 2.12 bits per heavy atom. The van der Waals surface area contributed by atoms with Crippen molar-refractivity contribution >= 4 is 11.8 Å². The molecule has 2 aromatic carbocycles. The van der Waals surface area contributed by atoms with Gasteiger partial charge in [-0.15, -0.1) is 0 Å². The molecule has 0 saturated carbocycles. The Morgan fingerprint density at radius 2 is 1.50 bits per heavy atom. The highest BCUT2D eigenvalue weighted by molar-refractivity contribution is 5.97. The number of carbonyl (C=O) groups is 2. The average molecular weight is 429 g/mol.